The van der Waals surface area contributed by atoms with E-state index in [0.29, 0.717) is 0 Å². The third-order valence-electron chi connectivity index (χ3n) is 2.55. The summed E-state index contributed by atoms with van der Waals surface area (Å²) in [5.41, 5.74) is -0.892. The number of hydrogen-bond donors (Lipinski definition) is 1. The molecule has 1 aromatic carbocycles. The number of halogens is 5. The van der Waals surface area contributed by atoms with Crippen LogP contribution in [0.25, 0.3) is 0 Å². The molecule has 0 saturated heterocycles. The van der Waals surface area contributed by atoms with Crippen molar-refractivity contribution in [3.8, 4) is 5.75 Å². The van der Waals surface area contributed by atoms with Crippen molar-refractivity contribution < 1.29 is 46.1 Å². The first-order valence-corrected chi connectivity index (χ1v) is 5.79. The highest BCUT2D eigenvalue weighted by Crippen LogP contribution is 2.29. The summed E-state index contributed by atoms with van der Waals surface area (Å²) in [5.74, 6) is -16.4. The number of carbonyl (C=O) groups is 2. The molecule has 126 valence electrons. The Morgan fingerprint density at radius 1 is 0.957 bits per heavy atom. The van der Waals surface area contributed by atoms with Gasteiger partial charge in [-0.15, -0.1) is 0 Å². The van der Waals surface area contributed by atoms with Gasteiger partial charge in [-0.25, -0.2) is 18.0 Å². The van der Waals surface area contributed by atoms with Crippen LogP contribution in [0.3, 0.4) is 0 Å². The van der Waals surface area contributed by atoms with Gasteiger partial charge in [-0.05, 0) is 6.92 Å². The van der Waals surface area contributed by atoms with E-state index in [4.69, 9.17) is 0 Å². The van der Waals surface area contributed by atoms with Gasteiger partial charge in [0.25, 0.3) is 0 Å². The fourth-order valence-electron chi connectivity index (χ4n) is 1.49. The molecule has 0 aliphatic carbocycles. The third-order valence-corrected chi connectivity index (χ3v) is 2.55. The molecule has 0 aliphatic rings. The molecule has 1 N–H and O–H groups in total. The van der Waals surface area contributed by atoms with Gasteiger partial charge in [-0.3, -0.25) is 4.79 Å². The van der Waals surface area contributed by atoms with Gasteiger partial charge in [0, 0.05) is 0 Å². The SMILES string of the molecule is COC(=O)C(C(C)=O)=C(O)COc1c(F)c(F)c(F)c(F)c1F. The molecule has 0 aromatic heterocycles. The first-order chi connectivity index (χ1) is 10.6. The number of aliphatic hydroxyl groups is 1. The summed E-state index contributed by atoms with van der Waals surface area (Å²) in [5, 5.41) is 9.54. The van der Waals surface area contributed by atoms with Crippen LogP contribution in [0.4, 0.5) is 22.0 Å². The molecule has 0 radical (unpaired) electrons. The van der Waals surface area contributed by atoms with Crippen LogP contribution in [0, 0.1) is 29.1 Å². The first kappa shape index (κ1) is 18.4. The van der Waals surface area contributed by atoms with Crippen molar-refractivity contribution in [1.82, 2.24) is 0 Å². The number of carbonyl (C=O) groups excluding carboxylic acids is 2. The van der Waals surface area contributed by atoms with E-state index >= 15 is 0 Å². The number of Topliss-reactive ketones (excluding diaryl/α,β-unsaturated/α-hetero) is 1. The Morgan fingerprint density at radius 2 is 1.39 bits per heavy atom. The average Bonchev–Trinajstić information content (AvgIpc) is 2.50. The molecular weight excluding hydrogens is 331 g/mol. The Kier molecular flexibility index (Phi) is 5.66. The molecule has 0 heterocycles. The third kappa shape index (κ3) is 3.58. The maximum Gasteiger partial charge on any atom is 0.345 e. The van der Waals surface area contributed by atoms with Crippen LogP contribution in [0.1, 0.15) is 6.92 Å². The number of benzene rings is 1. The lowest BCUT2D eigenvalue weighted by molar-refractivity contribution is -0.137. The fraction of sp³-hybridized carbons (Fsp3) is 0.231. The maximum atomic E-state index is 13.3. The Morgan fingerprint density at radius 3 is 1.78 bits per heavy atom. The van der Waals surface area contributed by atoms with Crippen molar-refractivity contribution >= 4 is 11.8 Å². The molecular formula is C13H9F5O5. The predicted octanol–water partition coefficient (Wildman–Crippen LogP) is 2.33. The van der Waals surface area contributed by atoms with Crippen molar-refractivity contribution in [2.45, 2.75) is 6.92 Å². The number of esters is 1. The van der Waals surface area contributed by atoms with E-state index in [1.807, 2.05) is 0 Å². The molecule has 5 nitrogen and oxygen atoms in total. The molecule has 1 aromatic rings. The van der Waals surface area contributed by atoms with Crippen molar-refractivity contribution in [1.29, 1.82) is 0 Å². The summed E-state index contributed by atoms with van der Waals surface area (Å²) in [6.07, 6.45) is 0. The highest BCUT2D eigenvalue weighted by atomic mass is 19.2. The van der Waals surface area contributed by atoms with E-state index in [0.717, 1.165) is 14.0 Å². The molecule has 0 aliphatic heterocycles. The van der Waals surface area contributed by atoms with E-state index in [-0.39, 0.29) is 0 Å². The maximum absolute atomic E-state index is 13.3. The van der Waals surface area contributed by atoms with Crippen molar-refractivity contribution in [2.75, 3.05) is 13.7 Å². The van der Waals surface area contributed by atoms with Crippen LogP contribution >= 0.6 is 0 Å². The zero-order valence-corrected chi connectivity index (χ0v) is 11.7. The number of ether oxygens (including phenoxy) is 2. The lowest BCUT2D eigenvalue weighted by Crippen LogP contribution is -2.18. The first-order valence-electron chi connectivity index (χ1n) is 5.79. The minimum Gasteiger partial charge on any atom is -0.508 e. The van der Waals surface area contributed by atoms with Gasteiger partial charge < -0.3 is 14.6 Å². The molecule has 0 unspecified atom stereocenters. The molecule has 0 amide bonds. The van der Waals surface area contributed by atoms with Crippen LogP contribution in [0.2, 0.25) is 0 Å². The summed E-state index contributed by atoms with van der Waals surface area (Å²) in [7, 11) is 0.892. The zero-order chi connectivity index (χ0) is 17.9. The Labute approximate surface area is 125 Å². The van der Waals surface area contributed by atoms with E-state index < -0.39 is 64.5 Å². The Hall–Kier alpha value is -2.65. The topological polar surface area (TPSA) is 72.8 Å². The van der Waals surface area contributed by atoms with Gasteiger partial charge in [-0.1, -0.05) is 0 Å². The smallest absolute Gasteiger partial charge is 0.345 e. The summed E-state index contributed by atoms with van der Waals surface area (Å²) < 4.78 is 73.9. The van der Waals surface area contributed by atoms with Gasteiger partial charge in [-0.2, -0.15) is 8.78 Å². The van der Waals surface area contributed by atoms with Gasteiger partial charge in [0.05, 0.1) is 7.11 Å². The number of methoxy groups -OCH3 is 1. The summed E-state index contributed by atoms with van der Waals surface area (Å²) in [6, 6.07) is 0. The molecule has 0 fully saturated rings. The molecule has 0 bridgehead atoms. The highest BCUT2D eigenvalue weighted by molar-refractivity contribution is 6.16. The van der Waals surface area contributed by atoms with Gasteiger partial charge in [0.1, 0.15) is 17.9 Å². The number of rotatable bonds is 5. The number of hydrogen-bond acceptors (Lipinski definition) is 5. The lowest BCUT2D eigenvalue weighted by atomic mass is 10.1. The minimum absolute atomic E-state index is 0.876. The molecule has 0 spiro atoms. The van der Waals surface area contributed by atoms with Crippen LogP contribution in [0.5, 0.6) is 5.75 Å². The Bertz CT molecular complexity index is 669. The second-order valence-corrected chi connectivity index (χ2v) is 4.06. The van der Waals surface area contributed by atoms with Gasteiger partial charge in [0.2, 0.25) is 29.1 Å². The number of aliphatic hydroxyl groups excluding tert-OH is 1. The lowest BCUT2D eigenvalue weighted by Gasteiger charge is -2.11. The average molecular weight is 340 g/mol. The van der Waals surface area contributed by atoms with Crippen molar-refractivity contribution in [2.24, 2.45) is 0 Å². The highest BCUT2D eigenvalue weighted by Gasteiger charge is 2.28. The molecule has 1 rings (SSSR count). The summed E-state index contributed by atoms with van der Waals surface area (Å²) >= 11 is 0. The normalized spacial score (nSPS) is 11.8. The van der Waals surface area contributed by atoms with Crippen LogP contribution in [0.15, 0.2) is 11.3 Å². The zero-order valence-electron chi connectivity index (χ0n) is 11.7. The number of ketones is 1. The second-order valence-electron chi connectivity index (χ2n) is 4.06. The van der Waals surface area contributed by atoms with Gasteiger partial charge in [0.15, 0.2) is 11.5 Å². The molecule has 10 heteroatoms. The van der Waals surface area contributed by atoms with E-state index in [1.165, 1.54) is 0 Å². The predicted molar refractivity (Wildman–Crippen MR) is 64.1 cm³/mol. The molecule has 0 atom stereocenters. The van der Waals surface area contributed by atoms with Crippen LogP contribution in [-0.2, 0) is 14.3 Å². The van der Waals surface area contributed by atoms with Crippen molar-refractivity contribution in [3.63, 3.8) is 0 Å². The van der Waals surface area contributed by atoms with Crippen LogP contribution < -0.4 is 4.74 Å². The minimum atomic E-state index is -2.38. The van der Waals surface area contributed by atoms with E-state index in [9.17, 15) is 36.6 Å². The Balaban J connectivity index is 3.21. The monoisotopic (exact) mass is 340 g/mol. The quantitative estimate of drug-likeness (QED) is 0.130. The summed E-state index contributed by atoms with van der Waals surface area (Å²) in [6.45, 7) is -0.330. The van der Waals surface area contributed by atoms with Crippen LogP contribution in [-0.4, -0.2) is 30.6 Å². The largest absolute Gasteiger partial charge is 0.508 e. The summed E-state index contributed by atoms with van der Waals surface area (Å²) in [4.78, 5) is 22.5. The van der Waals surface area contributed by atoms with E-state index in [1.54, 1.807) is 0 Å². The van der Waals surface area contributed by atoms with E-state index in [2.05, 4.69) is 9.47 Å². The van der Waals surface area contributed by atoms with Gasteiger partial charge >= 0.3 is 5.97 Å². The van der Waals surface area contributed by atoms with Crippen molar-refractivity contribution in [3.05, 3.63) is 40.4 Å². The standard InChI is InChI=1S/C13H9F5O5/c1-4(19)6(13(21)22-2)5(20)3-23-12-10(17)8(15)7(14)9(16)11(12)18/h20H,3H2,1-2H3. The molecule has 0 saturated carbocycles. The second kappa shape index (κ2) is 7.07. The molecule has 23 heavy (non-hydrogen) atoms. The fourth-order valence-corrected chi connectivity index (χ4v) is 1.49.